The quantitative estimate of drug-likeness (QED) is 0.226. The van der Waals surface area contributed by atoms with Crippen LogP contribution in [-0.2, 0) is 4.79 Å². The number of hydrogen-bond donors (Lipinski definition) is 3. The van der Waals surface area contributed by atoms with Gasteiger partial charge < -0.3 is 10.1 Å². The Morgan fingerprint density at radius 2 is 1.53 bits per heavy atom. The lowest BCUT2D eigenvalue weighted by Crippen LogP contribution is -2.38. The van der Waals surface area contributed by atoms with Gasteiger partial charge in [-0.2, -0.15) is 0 Å². The van der Waals surface area contributed by atoms with Gasteiger partial charge in [-0.25, -0.2) is 5.84 Å². The lowest BCUT2D eigenvalue weighted by Gasteiger charge is -2.10. The molecule has 0 heterocycles. The third-order valence-corrected chi connectivity index (χ3v) is 4.72. The van der Waals surface area contributed by atoms with E-state index < -0.39 is 11.8 Å². The molecule has 0 saturated carbocycles. The van der Waals surface area contributed by atoms with Crippen LogP contribution in [0.4, 0.5) is 0 Å². The third-order valence-electron chi connectivity index (χ3n) is 3.98. The number of nitrogens with one attached hydrogen (secondary N) is 2. The summed E-state index contributed by atoms with van der Waals surface area (Å²) in [5.41, 5.74) is 3.10. The Balaban J connectivity index is 1.76. The van der Waals surface area contributed by atoms with E-state index in [0.717, 1.165) is 0 Å². The fraction of sp³-hybridized carbons (Fsp3) is 0. The standard InChI is InChI=1S/C22H17Cl2N3O3/c23-18-11-10-17(13-19(18)24)30-16-8-6-14(7-9-16)12-20(22(29)27-25)26-21(28)15-4-2-1-3-5-15/h1-13H,25H2,(H,26,28)(H,27,29). The van der Waals surface area contributed by atoms with Gasteiger partial charge in [-0.3, -0.25) is 15.0 Å². The van der Waals surface area contributed by atoms with E-state index in [1.54, 1.807) is 72.8 Å². The van der Waals surface area contributed by atoms with Gasteiger partial charge in [0, 0.05) is 11.6 Å². The highest BCUT2D eigenvalue weighted by molar-refractivity contribution is 6.42. The van der Waals surface area contributed by atoms with E-state index in [9.17, 15) is 9.59 Å². The van der Waals surface area contributed by atoms with Crippen molar-refractivity contribution in [2.45, 2.75) is 0 Å². The van der Waals surface area contributed by atoms with Crippen molar-refractivity contribution in [3.63, 3.8) is 0 Å². The summed E-state index contributed by atoms with van der Waals surface area (Å²) in [5, 5.41) is 3.40. The number of hydrazine groups is 1. The topological polar surface area (TPSA) is 93.4 Å². The zero-order valence-corrected chi connectivity index (χ0v) is 17.1. The molecule has 0 aliphatic heterocycles. The molecule has 8 heteroatoms. The number of carbonyl (C=O) groups is 2. The molecule has 30 heavy (non-hydrogen) atoms. The van der Waals surface area contributed by atoms with Crippen LogP contribution >= 0.6 is 23.2 Å². The summed E-state index contributed by atoms with van der Waals surface area (Å²) in [5.74, 6) is 5.28. The minimum absolute atomic E-state index is 0.00417. The molecule has 3 aromatic rings. The predicted octanol–water partition coefficient (Wildman–Crippen LogP) is 4.55. The molecule has 6 nitrogen and oxygen atoms in total. The van der Waals surface area contributed by atoms with Gasteiger partial charge in [0.25, 0.3) is 11.8 Å². The second-order valence-electron chi connectivity index (χ2n) is 6.10. The maximum atomic E-state index is 12.4. The number of hydrogen-bond acceptors (Lipinski definition) is 4. The summed E-state index contributed by atoms with van der Waals surface area (Å²) in [4.78, 5) is 24.4. The van der Waals surface area contributed by atoms with E-state index in [2.05, 4.69) is 5.32 Å². The van der Waals surface area contributed by atoms with E-state index >= 15 is 0 Å². The number of halogens is 2. The molecule has 0 bridgehead atoms. The summed E-state index contributed by atoms with van der Waals surface area (Å²) in [6.45, 7) is 0. The van der Waals surface area contributed by atoms with Crippen LogP contribution < -0.4 is 21.3 Å². The van der Waals surface area contributed by atoms with Crippen LogP contribution in [0.5, 0.6) is 11.5 Å². The van der Waals surface area contributed by atoms with Crippen molar-refractivity contribution in [3.8, 4) is 11.5 Å². The van der Waals surface area contributed by atoms with Gasteiger partial charge in [-0.05, 0) is 48.0 Å². The molecular formula is C22H17Cl2N3O3. The maximum absolute atomic E-state index is 12.4. The highest BCUT2D eigenvalue weighted by Gasteiger charge is 2.13. The highest BCUT2D eigenvalue weighted by Crippen LogP contribution is 2.29. The Labute approximate surface area is 183 Å². The van der Waals surface area contributed by atoms with Crippen molar-refractivity contribution >= 4 is 41.1 Å². The van der Waals surface area contributed by atoms with Crippen LogP contribution in [0.3, 0.4) is 0 Å². The minimum atomic E-state index is -0.629. The molecule has 0 atom stereocenters. The Morgan fingerprint density at radius 1 is 0.867 bits per heavy atom. The monoisotopic (exact) mass is 441 g/mol. The normalized spacial score (nSPS) is 11.0. The van der Waals surface area contributed by atoms with Gasteiger partial charge in [0.15, 0.2) is 0 Å². The first kappa shape index (κ1) is 21.4. The average Bonchev–Trinajstić information content (AvgIpc) is 2.77. The first-order valence-corrected chi connectivity index (χ1v) is 9.54. The zero-order chi connectivity index (χ0) is 21.5. The molecule has 0 saturated heterocycles. The Hall–Kier alpha value is -3.32. The smallest absolute Gasteiger partial charge is 0.281 e. The lowest BCUT2D eigenvalue weighted by molar-refractivity contribution is -0.117. The van der Waals surface area contributed by atoms with Gasteiger partial charge in [-0.15, -0.1) is 0 Å². The second-order valence-corrected chi connectivity index (χ2v) is 6.91. The number of nitrogens with two attached hydrogens (primary N) is 1. The fourth-order valence-corrected chi connectivity index (χ4v) is 2.78. The van der Waals surface area contributed by atoms with Gasteiger partial charge in [-0.1, -0.05) is 53.5 Å². The van der Waals surface area contributed by atoms with Crippen LogP contribution in [0.25, 0.3) is 6.08 Å². The summed E-state index contributed by atoms with van der Waals surface area (Å²) in [6, 6.07) is 20.4. The van der Waals surface area contributed by atoms with Gasteiger partial charge in [0.1, 0.15) is 17.2 Å². The Morgan fingerprint density at radius 3 is 2.17 bits per heavy atom. The summed E-state index contributed by atoms with van der Waals surface area (Å²) < 4.78 is 5.73. The van der Waals surface area contributed by atoms with Crippen molar-refractivity contribution in [1.29, 1.82) is 0 Å². The SMILES string of the molecule is NNC(=O)C(=Cc1ccc(Oc2ccc(Cl)c(Cl)c2)cc1)NC(=O)c1ccccc1. The molecule has 2 amide bonds. The van der Waals surface area contributed by atoms with Crippen LogP contribution in [0, 0.1) is 0 Å². The molecule has 3 aromatic carbocycles. The minimum Gasteiger partial charge on any atom is -0.457 e. The summed E-state index contributed by atoms with van der Waals surface area (Å²) >= 11 is 11.9. The molecule has 0 aromatic heterocycles. The van der Waals surface area contributed by atoms with Crippen LogP contribution in [0.1, 0.15) is 15.9 Å². The van der Waals surface area contributed by atoms with Gasteiger partial charge in [0.2, 0.25) is 0 Å². The predicted molar refractivity (Wildman–Crippen MR) is 117 cm³/mol. The highest BCUT2D eigenvalue weighted by atomic mass is 35.5. The van der Waals surface area contributed by atoms with E-state index in [1.807, 2.05) is 5.43 Å². The fourth-order valence-electron chi connectivity index (χ4n) is 2.50. The zero-order valence-electron chi connectivity index (χ0n) is 15.6. The van der Waals surface area contributed by atoms with Crippen molar-refractivity contribution in [2.24, 2.45) is 5.84 Å². The number of benzene rings is 3. The molecule has 0 unspecified atom stereocenters. The molecule has 152 valence electrons. The van der Waals surface area contributed by atoms with E-state index in [-0.39, 0.29) is 5.70 Å². The van der Waals surface area contributed by atoms with Crippen molar-refractivity contribution < 1.29 is 14.3 Å². The molecule has 0 aliphatic rings. The number of rotatable bonds is 6. The Kier molecular flexibility index (Phi) is 7.08. The average molecular weight is 442 g/mol. The largest absolute Gasteiger partial charge is 0.457 e. The van der Waals surface area contributed by atoms with Gasteiger partial charge >= 0.3 is 0 Å². The number of amides is 2. The molecule has 0 aliphatic carbocycles. The molecule has 0 radical (unpaired) electrons. The van der Waals surface area contributed by atoms with Crippen molar-refractivity contribution in [1.82, 2.24) is 10.7 Å². The maximum Gasteiger partial charge on any atom is 0.281 e. The van der Waals surface area contributed by atoms with E-state index in [0.29, 0.717) is 32.7 Å². The lowest BCUT2D eigenvalue weighted by atomic mass is 10.1. The summed E-state index contributed by atoms with van der Waals surface area (Å²) in [6.07, 6.45) is 1.51. The molecule has 3 rings (SSSR count). The number of carbonyl (C=O) groups excluding carboxylic acids is 2. The summed E-state index contributed by atoms with van der Waals surface area (Å²) in [7, 11) is 0. The first-order chi connectivity index (χ1) is 14.5. The second kappa shape index (κ2) is 9.93. The van der Waals surface area contributed by atoms with E-state index in [4.69, 9.17) is 33.8 Å². The first-order valence-electron chi connectivity index (χ1n) is 8.78. The Bertz CT molecular complexity index is 1080. The molecule has 4 N–H and O–H groups in total. The van der Waals surface area contributed by atoms with Crippen LogP contribution in [0.15, 0.2) is 78.5 Å². The van der Waals surface area contributed by atoms with Gasteiger partial charge in [0.05, 0.1) is 10.0 Å². The van der Waals surface area contributed by atoms with E-state index in [1.165, 1.54) is 6.08 Å². The number of ether oxygens (including phenoxy) is 1. The van der Waals surface area contributed by atoms with Crippen molar-refractivity contribution in [2.75, 3.05) is 0 Å². The molecule has 0 fully saturated rings. The molecular weight excluding hydrogens is 425 g/mol. The van der Waals surface area contributed by atoms with Crippen LogP contribution in [0.2, 0.25) is 10.0 Å². The van der Waals surface area contributed by atoms with Crippen molar-refractivity contribution in [3.05, 3.63) is 99.7 Å². The molecule has 0 spiro atoms. The third kappa shape index (κ3) is 5.61. The van der Waals surface area contributed by atoms with Crippen LogP contribution in [-0.4, -0.2) is 11.8 Å².